The molecule has 2 aromatic carbocycles. The number of amides is 2. The topological polar surface area (TPSA) is 147 Å². The molecule has 0 aromatic heterocycles. The maximum absolute atomic E-state index is 13.2. The molecule has 290 valence electrons. The molecule has 0 saturated carbocycles. The number of benzene rings is 2. The molecule has 2 aliphatic heterocycles. The van der Waals surface area contributed by atoms with Crippen molar-refractivity contribution in [2.75, 3.05) is 31.9 Å². The number of nitrogens with two attached hydrogens (primary N) is 1. The highest BCUT2D eigenvalue weighted by Gasteiger charge is 2.38. The minimum absolute atomic E-state index is 0.0272. The Morgan fingerprint density at radius 3 is 1.40 bits per heavy atom. The molecule has 2 amide bonds. The molecule has 2 aromatic rings. The van der Waals surface area contributed by atoms with Crippen LogP contribution < -0.4 is 15.2 Å². The molecule has 2 heterocycles. The third kappa shape index (κ3) is 12.8. The van der Waals surface area contributed by atoms with E-state index in [0.29, 0.717) is 44.8 Å². The molecule has 12 nitrogen and oxygen atoms in total. The summed E-state index contributed by atoms with van der Waals surface area (Å²) in [4.78, 5) is 36.9. The Hall–Kier alpha value is -4.64. The number of likely N-dealkylation sites (tertiary alicyclic amines) is 2. The molecule has 18 heteroatoms. The Balaban J connectivity index is 0.000000281. The highest BCUT2D eigenvalue weighted by Crippen LogP contribution is 2.40. The second kappa shape index (κ2) is 16.4. The molecule has 2 aliphatic rings. The number of nitrogen functional groups attached to an aromatic ring is 1. The van der Waals surface area contributed by atoms with Crippen molar-refractivity contribution in [3.63, 3.8) is 0 Å². The standard InChI is InChI=1S/C17H21F3N2O5.C17H23F3N2O3/c1-16(2,3)27-15(23)21-8-6-12(7-9-21)26-14-5-4-11(22(24)25)10-13(14)17(18,19)20;1-16(2,3)25-15(23)22-8-6-12(7-9-22)24-14-5-4-11(21)10-13(14)17(18,19)20/h4-5,10,12H,6-9H2,1-3H3;4-5,10,12H,6-9,21H2,1-3H3. The summed E-state index contributed by atoms with van der Waals surface area (Å²) >= 11 is 0. The number of alkyl halides is 6. The van der Waals surface area contributed by atoms with Gasteiger partial charge in [0.1, 0.15) is 40.5 Å². The number of rotatable bonds is 5. The minimum Gasteiger partial charge on any atom is -0.490 e. The van der Waals surface area contributed by atoms with Crippen LogP contribution >= 0.6 is 0 Å². The van der Waals surface area contributed by atoms with Crippen LogP contribution in [0.5, 0.6) is 11.5 Å². The second-order valence-corrected chi connectivity index (χ2v) is 14.3. The lowest BCUT2D eigenvalue weighted by atomic mass is 10.1. The SMILES string of the molecule is CC(C)(C)OC(=O)N1CCC(Oc2ccc(N)cc2C(F)(F)F)CC1.CC(C)(C)OC(=O)N1CCC(Oc2ccc([N+](=O)[O-])cc2C(F)(F)F)CC1. The van der Waals surface area contributed by atoms with Crippen LogP contribution in [-0.4, -0.2) is 76.5 Å². The molecule has 0 bridgehead atoms. The number of non-ortho nitro benzene ring substituents is 1. The van der Waals surface area contributed by atoms with Crippen molar-refractivity contribution < 1.29 is 59.8 Å². The van der Waals surface area contributed by atoms with Gasteiger partial charge in [0.25, 0.3) is 5.69 Å². The highest BCUT2D eigenvalue weighted by molar-refractivity contribution is 5.68. The van der Waals surface area contributed by atoms with E-state index in [2.05, 4.69) is 0 Å². The molecule has 0 atom stereocenters. The van der Waals surface area contributed by atoms with Gasteiger partial charge < -0.3 is 34.5 Å². The summed E-state index contributed by atoms with van der Waals surface area (Å²) in [5, 5.41) is 10.7. The van der Waals surface area contributed by atoms with Crippen LogP contribution in [0.4, 0.5) is 47.3 Å². The molecular formula is C34H44F6N4O8. The number of carbonyl (C=O) groups is 2. The van der Waals surface area contributed by atoms with Crippen molar-refractivity contribution in [3.05, 3.63) is 57.6 Å². The monoisotopic (exact) mass is 750 g/mol. The largest absolute Gasteiger partial charge is 0.490 e. The van der Waals surface area contributed by atoms with Gasteiger partial charge in [0.15, 0.2) is 0 Å². The Bertz CT molecular complexity index is 1560. The third-order valence-electron chi connectivity index (χ3n) is 7.56. The normalized spacial score (nSPS) is 16.4. The molecule has 2 N–H and O–H groups in total. The van der Waals surface area contributed by atoms with Crippen LogP contribution in [-0.2, 0) is 21.8 Å². The van der Waals surface area contributed by atoms with Crippen molar-refractivity contribution in [1.29, 1.82) is 0 Å². The fourth-order valence-electron chi connectivity index (χ4n) is 5.15. The lowest BCUT2D eigenvalue weighted by Crippen LogP contribution is -2.44. The van der Waals surface area contributed by atoms with Crippen molar-refractivity contribution in [1.82, 2.24) is 9.80 Å². The van der Waals surface area contributed by atoms with Crippen LogP contribution in [0.25, 0.3) is 0 Å². The van der Waals surface area contributed by atoms with E-state index in [-0.39, 0.29) is 24.5 Å². The predicted molar refractivity (Wildman–Crippen MR) is 177 cm³/mol. The smallest absolute Gasteiger partial charge is 0.420 e. The van der Waals surface area contributed by atoms with Gasteiger partial charge in [-0.2, -0.15) is 26.3 Å². The maximum Gasteiger partial charge on any atom is 0.420 e. The molecule has 0 aliphatic carbocycles. The van der Waals surface area contributed by atoms with Gasteiger partial charge in [-0.25, -0.2) is 9.59 Å². The number of piperidine rings is 2. The number of hydrogen-bond acceptors (Lipinski definition) is 9. The predicted octanol–water partition coefficient (Wildman–Crippen LogP) is 8.46. The molecular weight excluding hydrogens is 706 g/mol. The van der Waals surface area contributed by atoms with E-state index in [1.165, 1.54) is 17.0 Å². The zero-order valence-corrected chi connectivity index (χ0v) is 29.7. The fourth-order valence-corrected chi connectivity index (χ4v) is 5.15. The number of halogens is 6. The van der Waals surface area contributed by atoms with E-state index in [1.54, 1.807) is 46.4 Å². The van der Waals surface area contributed by atoms with E-state index >= 15 is 0 Å². The lowest BCUT2D eigenvalue weighted by Gasteiger charge is -2.33. The fraction of sp³-hybridized carbons (Fsp3) is 0.588. The zero-order chi connectivity index (χ0) is 39.2. The quantitative estimate of drug-likeness (QED) is 0.138. The van der Waals surface area contributed by atoms with Gasteiger partial charge in [-0.05, 0) is 65.8 Å². The van der Waals surface area contributed by atoms with Crippen LogP contribution in [0.2, 0.25) is 0 Å². The zero-order valence-electron chi connectivity index (χ0n) is 29.7. The van der Waals surface area contributed by atoms with Gasteiger partial charge >= 0.3 is 24.5 Å². The van der Waals surface area contributed by atoms with Gasteiger partial charge in [0.05, 0.1) is 10.5 Å². The lowest BCUT2D eigenvalue weighted by molar-refractivity contribution is -0.385. The second-order valence-electron chi connectivity index (χ2n) is 14.3. The molecule has 0 unspecified atom stereocenters. The Labute approximate surface area is 297 Å². The maximum atomic E-state index is 13.2. The van der Waals surface area contributed by atoms with Crippen molar-refractivity contribution in [2.24, 2.45) is 0 Å². The number of hydrogen-bond donors (Lipinski definition) is 1. The molecule has 52 heavy (non-hydrogen) atoms. The first-order valence-corrected chi connectivity index (χ1v) is 16.4. The van der Waals surface area contributed by atoms with Crippen molar-refractivity contribution >= 4 is 23.6 Å². The van der Waals surface area contributed by atoms with Crippen LogP contribution in [0.15, 0.2) is 36.4 Å². The van der Waals surface area contributed by atoms with E-state index < -0.39 is 75.4 Å². The van der Waals surface area contributed by atoms with E-state index in [4.69, 9.17) is 24.7 Å². The van der Waals surface area contributed by atoms with Gasteiger partial charge in [-0.3, -0.25) is 10.1 Å². The average molecular weight is 751 g/mol. The summed E-state index contributed by atoms with van der Waals surface area (Å²) in [5.74, 6) is -0.693. The number of nitro groups is 1. The van der Waals surface area contributed by atoms with E-state index in [0.717, 1.165) is 18.2 Å². The number of nitrogens with zero attached hydrogens (tertiary/aromatic N) is 3. The minimum atomic E-state index is -4.78. The molecule has 2 fully saturated rings. The van der Waals surface area contributed by atoms with Crippen LogP contribution in [0.1, 0.15) is 78.4 Å². The van der Waals surface area contributed by atoms with Crippen molar-refractivity contribution in [3.8, 4) is 11.5 Å². The van der Waals surface area contributed by atoms with Gasteiger partial charge in [-0.1, -0.05) is 0 Å². The Morgan fingerprint density at radius 1 is 0.692 bits per heavy atom. The van der Waals surface area contributed by atoms with Gasteiger partial charge in [0.2, 0.25) is 0 Å². The molecule has 4 rings (SSSR count). The Morgan fingerprint density at radius 2 is 1.06 bits per heavy atom. The molecule has 0 radical (unpaired) electrons. The molecule has 2 saturated heterocycles. The summed E-state index contributed by atoms with van der Waals surface area (Å²) in [5.41, 5.74) is 1.52. The highest BCUT2D eigenvalue weighted by atomic mass is 19.4. The first-order chi connectivity index (χ1) is 23.8. The summed E-state index contributed by atoms with van der Waals surface area (Å²) in [6.45, 7) is 11.9. The number of anilines is 1. The van der Waals surface area contributed by atoms with Crippen LogP contribution in [0.3, 0.4) is 0 Å². The molecule has 0 spiro atoms. The third-order valence-corrected chi connectivity index (χ3v) is 7.56. The summed E-state index contributed by atoms with van der Waals surface area (Å²) < 4.78 is 100. The summed E-state index contributed by atoms with van der Waals surface area (Å²) in [6.07, 6.45) is -9.64. The number of carbonyl (C=O) groups excluding carboxylic acids is 2. The first kappa shape index (κ1) is 41.8. The van der Waals surface area contributed by atoms with Crippen molar-refractivity contribution in [2.45, 2.75) is 103 Å². The van der Waals surface area contributed by atoms with E-state index in [1.807, 2.05) is 0 Å². The summed E-state index contributed by atoms with van der Waals surface area (Å²) in [7, 11) is 0. The number of ether oxygens (including phenoxy) is 4. The average Bonchev–Trinajstić information content (AvgIpc) is 3.00. The first-order valence-electron chi connectivity index (χ1n) is 16.4. The van der Waals surface area contributed by atoms with Gasteiger partial charge in [-0.15, -0.1) is 0 Å². The Kier molecular flexibility index (Phi) is 13.1. The van der Waals surface area contributed by atoms with Gasteiger partial charge in [0, 0.05) is 69.7 Å². The number of nitro benzene ring substituents is 1. The van der Waals surface area contributed by atoms with Crippen LogP contribution in [0, 0.1) is 10.1 Å². The summed E-state index contributed by atoms with van der Waals surface area (Å²) in [6, 6.07) is 5.87. The van der Waals surface area contributed by atoms with E-state index in [9.17, 15) is 46.0 Å².